The van der Waals surface area contributed by atoms with E-state index in [2.05, 4.69) is 0 Å². The first-order valence-electron chi connectivity index (χ1n) is 6.36. The zero-order valence-corrected chi connectivity index (χ0v) is 11.8. The highest BCUT2D eigenvalue weighted by Gasteiger charge is 2.94. The molecule has 0 spiro atoms. The van der Waals surface area contributed by atoms with Crippen molar-refractivity contribution in [2.75, 3.05) is 0 Å². The van der Waals surface area contributed by atoms with Crippen LogP contribution in [0.25, 0.3) is 0 Å². The van der Waals surface area contributed by atoms with Gasteiger partial charge in [0.05, 0.1) is 5.41 Å². The van der Waals surface area contributed by atoms with Gasteiger partial charge in [0.1, 0.15) is 18.0 Å². The molecule has 4 aliphatic rings. The average Bonchev–Trinajstić information content (AvgIpc) is 2.57. The lowest BCUT2D eigenvalue weighted by atomic mass is 9.64. The standard InChI is InChI=1S/C12H15O6P/c1-9(2)7-4-8-10(3)12(6-14,11(7,9)5-13)18-19(15,16-8)17-10/h5-8H,4H2,1-3H3. The topological polar surface area (TPSA) is 78.9 Å². The second kappa shape index (κ2) is 2.75. The van der Waals surface area contributed by atoms with Gasteiger partial charge in [0.2, 0.25) is 0 Å². The highest BCUT2D eigenvalue weighted by Crippen LogP contribution is 2.88. The van der Waals surface area contributed by atoms with Crippen molar-refractivity contribution in [1.82, 2.24) is 0 Å². The predicted molar refractivity (Wildman–Crippen MR) is 62.2 cm³/mol. The summed E-state index contributed by atoms with van der Waals surface area (Å²) in [4.78, 5) is 23.6. The van der Waals surface area contributed by atoms with Crippen molar-refractivity contribution in [3.05, 3.63) is 0 Å². The third-order valence-electron chi connectivity index (χ3n) is 5.99. The zero-order chi connectivity index (χ0) is 13.9. The number of fused-ring (bicyclic) bond motifs is 3. The predicted octanol–water partition coefficient (Wildman–Crippen LogP) is 1.48. The van der Waals surface area contributed by atoms with Crippen LogP contribution in [0.4, 0.5) is 0 Å². The maximum Gasteiger partial charge on any atom is 0.477 e. The summed E-state index contributed by atoms with van der Waals surface area (Å²) in [6.07, 6.45) is 1.50. The van der Waals surface area contributed by atoms with Crippen LogP contribution in [0.1, 0.15) is 27.2 Å². The molecule has 6 unspecified atom stereocenters. The normalized spacial score (nSPS) is 63.5. The first kappa shape index (κ1) is 12.2. The number of rotatable bonds is 2. The smallest absolute Gasteiger partial charge is 0.303 e. The Balaban J connectivity index is 2.02. The number of carbonyl (C=O) groups is 2. The molecule has 0 aromatic rings. The summed E-state index contributed by atoms with van der Waals surface area (Å²) < 4.78 is 28.6. The Labute approximate surface area is 110 Å². The third kappa shape index (κ3) is 0.864. The molecule has 6 atom stereocenters. The fourth-order valence-corrected chi connectivity index (χ4v) is 7.00. The minimum Gasteiger partial charge on any atom is -0.303 e. The maximum absolute atomic E-state index is 12.3. The molecular weight excluding hydrogens is 271 g/mol. The van der Waals surface area contributed by atoms with Gasteiger partial charge >= 0.3 is 7.82 Å². The van der Waals surface area contributed by atoms with Crippen LogP contribution in [-0.2, 0) is 27.7 Å². The van der Waals surface area contributed by atoms with Crippen LogP contribution < -0.4 is 0 Å². The molecule has 2 saturated heterocycles. The molecule has 2 heterocycles. The highest BCUT2D eigenvalue weighted by molar-refractivity contribution is 7.49. The molecular formula is C12H15O6P. The lowest BCUT2D eigenvalue weighted by molar-refractivity contribution is -0.176. The zero-order valence-electron chi connectivity index (χ0n) is 10.9. The molecule has 4 rings (SSSR count). The first-order chi connectivity index (χ1) is 8.73. The maximum atomic E-state index is 12.3. The molecule has 2 bridgehead atoms. The van der Waals surface area contributed by atoms with E-state index in [9.17, 15) is 14.2 Å². The van der Waals surface area contributed by atoms with E-state index in [1.54, 1.807) is 6.92 Å². The van der Waals surface area contributed by atoms with E-state index < -0.39 is 36.0 Å². The molecule has 2 saturated carbocycles. The van der Waals surface area contributed by atoms with Crippen LogP contribution >= 0.6 is 7.82 Å². The van der Waals surface area contributed by atoms with E-state index in [0.717, 1.165) is 6.29 Å². The first-order valence-corrected chi connectivity index (χ1v) is 7.82. The van der Waals surface area contributed by atoms with Crippen molar-refractivity contribution in [2.45, 2.75) is 44.5 Å². The van der Waals surface area contributed by atoms with Gasteiger partial charge in [-0.1, -0.05) is 13.8 Å². The van der Waals surface area contributed by atoms with E-state index in [1.165, 1.54) is 0 Å². The van der Waals surface area contributed by atoms with Gasteiger partial charge in [-0.2, -0.15) is 0 Å². The Morgan fingerprint density at radius 2 is 1.84 bits per heavy atom. The van der Waals surface area contributed by atoms with Crippen LogP contribution in [0.3, 0.4) is 0 Å². The number of hydrogen-bond acceptors (Lipinski definition) is 6. The number of hydrogen-bond donors (Lipinski definition) is 0. The second-order valence-corrected chi connectivity index (χ2v) is 8.15. The second-order valence-electron chi connectivity index (χ2n) is 6.68. The molecule has 19 heavy (non-hydrogen) atoms. The van der Waals surface area contributed by atoms with Gasteiger partial charge in [-0.3, -0.25) is 18.4 Å². The highest BCUT2D eigenvalue weighted by atomic mass is 31.2. The Morgan fingerprint density at radius 1 is 1.16 bits per heavy atom. The Bertz CT molecular complexity index is 573. The van der Waals surface area contributed by atoms with E-state index in [0.29, 0.717) is 12.7 Å². The fraction of sp³-hybridized carbons (Fsp3) is 0.833. The molecule has 0 amide bonds. The van der Waals surface area contributed by atoms with Crippen LogP contribution in [0, 0.1) is 16.7 Å². The average molecular weight is 286 g/mol. The molecule has 4 fully saturated rings. The molecule has 0 aromatic carbocycles. The molecule has 6 nitrogen and oxygen atoms in total. The number of carbonyl (C=O) groups excluding carboxylic acids is 2. The fourth-order valence-electron chi connectivity index (χ4n) is 4.83. The molecule has 2 aliphatic carbocycles. The summed E-state index contributed by atoms with van der Waals surface area (Å²) in [6.45, 7) is 5.52. The summed E-state index contributed by atoms with van der Waals surface area (Å²) >= 11 is 0. The summed E-state index contributed by atoms with van der Waals surface area (Å²) in [6, 6.07) is 0. The number of aldehydes is 2. The van der Waals surface area contributed by atoms with Crippen LogP contribution in [-0.4, -0.2) is 29.9 Å². The van der Waals surface area contributed by atoms with E-state index >= 15 is 0 Å². The van der Waals surface area contributed by atoms with Gasteiger partial charge in [0, 0.05) is 0 Å². The molecule has 0 aromatic heterocycles. The largest absolute Gasteiger partial charge is 0.477 e. The quantitative estimate of drug-likeness (QED) is 0.565. The van der Waals surface area contributed by atoms with E-state index in [4.69, 9.17) is 13.6 Å². The van der Waals surface area contributed by atoms with Crippen molar-refractivity contribution in [2.24, 2.45) is 16.7 Å². The van der Waals surface area contributed by atoms with Crippen LogP contribution in [0.15, 0.2) is 0 Å². The third-order valence-corrected chi connectivity index (χ3v) is 7.61. The van der Waals surface area contributed by atoms with Crippen molar-refractivity contribution in [3.8, 4) is 0 Å². The van der Waals surface area contributed by atoms with Crippen LogP contribution in [0.5, 0.6) is 0 Å². The van der Waals surface area contributed by atoms with E-state index in [-0.39, 0.29) is 5.92 Å². The monoisotopic (exact) mass is 286 g/mol. The van der Waals surface area contributed by atoms with Gasteiger partial charge in [-0.15, -0.1) is 0 Å². The van der Waals surface area contributed by atoms with Crippen LogP contribution in [0.2, 0.25) is 0 Å². The van der Waals surface area contributed by atoms with Gasteiger partial charge in [0.25, 0.3) is 0 Å². The van der Waals surface area contributed by atoms with Gasteiger partial charge < -0.3 is 4.79 Å². The Kier molecular flexibility index (Phi) is 1.77. The summed E-state index contributed by atoms with van der Waals surface area (Å²) in [7, 11) is -3.71. The van der Waals surface area contributed by atoms with Crippen molar-refractivity contribution < 1.29 is 27.7 Å². The molecule has 104 valence electrons. The molecule has 0 radical (unpaired) electrons. The minimum absolute atomic E-state index is 0.0174. The Morgan fingerprint density at radius 3 is 2.37 bits per heavy atom. The lowest BCUT2D eigenvalue weighted by Crippen LogP contribution is -2.67. The van der Waals surface area contributed by atoms with Crippen molar-refractivity contribution in [1.29, 1.82) is 0 Å². The molecule has 7 heteroatoms. The number of phosphoric ester groups is 1. The number of phosphoric acid groups is 1. The van der Waals surface area contributed by atoms with E-state index in [1.807, 2.05) is 13.8 Å². The molecule has 2 aliphatic heterocycles. The van der Waals surface area contributed by atoms with Gasteiger partial charge in [-0.25, -0.2) is 4.57 Å². The summed E-state index contributed by atoms with van der Waals surface area (Å²) in [5.41, 5.74) is -4.00. The molecule has 0 N–H and O–H groups in total. The van der Waals surface area contributed by atoms with Crippen molar-refractivity contribution >= 4 is 20.4 Å². The minimum atomic E-state index is -3.71. The summed E-state index contributed by atoms with van der Waals surface area (Å²) in [5.74, 6) is -0.0174. The lowest BCUT2D eigenvalue weighted by Gasteiger charge is -2.47. The van der Waals surface area contributed by atoms with Crippen molar-refractivity contribution in [3.63, 3.8) is 0 Å². The van der Waals surface area contributed by atoms with Gasteiger partial charge in [-0.05, 0) is 24.7 Å². The van der Waals surface area contributed by atoms with Gasteiger partial charge in [0.15, 0.2) is 11.9 Å². The SMILES string of the molecule is CC1(C)C2CC3OP4(=O)OC3(C)C(C=O)(O4)C21C=O. The summed E-state index contributed by atoms with van der Waals surface area (Å²) in [5, 5.41) is 0. The Hall–Kier alpha value is -0.550.